The van der Waals surface area contributed by atoms with Gasteiger partial charge in [-0.2, -0.15) is 0 Å². The van der Waals surface area contributed by atoms with Crippen molar-refractivity contribution in [3.63, 3.8) is 0 Å². The van der Waals surface area contributed by atoms with Gasteiger partial charge in [0.2, 0.25) is 5.43 Å². The number of halogens is 3. The van der Waals surface area contributed by atoms with Crippen LogP contribution in [0.2, 0.25) is 0 Å². The van der Waals surface area contributed by atoms with Crippen molar-refractivity contribution in [2.75, 3.05) is 20.8 Å². The standard InChI is InChI=1S/C16H16F3NO5/c1-4-25-16(22)9-6-20(7-11(23-2)24-3)14-8(15(9)21)5-10(17)12(18)13(14)19/h5-6,11H,4,7H2,1-3H3. The molecular weight excluding hydrogens is 343 g/mol. The molecule has 0 saturated heterocycles. The fraction of sp³-hybridized carbons (Fsp3) is 0.375. The number of carbonyl (C=O) groups excluding carboxylic acids is 1. The summed E-state index contributed by atoms with van der Waals surface area (Å²) in [4.78, 5) is 24.4. The Morgan fingerprint density at radius 2 is 1.84 bits per heavy atom. The molecule has 0 amide bonds. The van der Waals surface area contributed by atoms with Gasteiger partial charge >= 0.3 is 5.97 Å². The average Bonchev–Trinajstić information content (AvgIpc) is 2.59. The molecule has 1 heterocycles. The van der Waals surface area contributed by atoms with Gasteiger partial charge in [-0.05, 0) is 13.0 Å². The van der Waals surface area contributed by atoms with Crippen LogP contribution in [0, 0.1) is 17.5 Å². The van der Waals surface area contributed by atoms with Crippen LogP contribution in [0.3, 0.4) is 0 Å². The first-order valence-corrected chi connectivity index (χ1v) is 7.29. The lowest BCUT2D eigenvalue weighted by molar-refractivity contribution is -0.110. The van der Waals surface area contributed by atoms with E-state index in [1.807, 2.05) is 0 Å². The second-order valence-electron chi connectivity index (χ2n) is 5.03. The van der Waals surface area contributed by atoms with E-state index in [4.69, 9.17) is 14.2 Å². The third kappa shape index (κ3) is 3.52. The molecular formula is C16H16F3NO5. The summed E-state index contributed by atoms with van der Waals surface area (Å²) >= 11 is 0. The summed E-state index contributed by atoms with van der Waals surface area (Å²) in [5, 5.41) is -0.493. The average molecular weight is 359 g/mol. The molecule has 136 valence electrons. The van der Waals surface area contributed by atoms with Gasteiger partial charge in [-0.3, -0.25) is 4.79 Å². The van der Waals surface area contributed by atoms with Crippen molar-refractivity contribution >= 4 is 16.9 Å². The van der Waals surface area contributed by atoms with E-state index in [0.29, 0.717) is 6.07 Å². The first-order chi connectivity index (χ1) is 11.8. The number of nitrogens with zero attached hydrogens (tertiary/aromatic N) is 1. The summed E-state index contributed by atoms with van der Waals surface area (Å²) < 4.78 is 57.3. The number of benzene rings is 1. The largest absolute Gasteiger partial charge is 0.462 e. The monoisotopic (exact) mass is 359 g/mol. The van der Waals surface area contributed by atoms with Crippen molar-refractivity contribution in [2.45, 2.75) is 19.8 Å². The third-order valence-electron chi connectivity index (χ3n) is 3.56. The Balaban J connectivity index is 2.82. The Morgan fingerprint density at radius 3 is 2.40 bits per heavy atom. The highest BCUT2D eigenvalue weighted by atomic mass is 19.2. The third-order valence-corrected chi connectivity index (χ3v) is 3.56. The maximum Gasteiger partial charge on any atom is 0.343 e. The Labute approximate surface area is 140 Å². The van der Waals surface area contributed by atoms with Crippen molar-refractivity contribution in [1.29, 1.82) is 0 Å². The van der Waals surface area contributed by atoms with E-state index in [1.54, 1.807) is 0 Å². The van der Waals surface area contributed by atoms with Crippen LogP contribution >= 0.6 is 0 Å². The van der Waals surface area contributed by atoms with E-state index in [0.717, 1.165) is 10.8 Å². The number of methoxy groups -OCH3 is 2. The van der Waals surface area contributed by atoms with E-state index in [1.165, 1.54) is 21.1 Å². The first kappa shape index (κ1) is 18.9. The molecule has 0 atom stereocenters. The second-order valence-corrected chi connectivity index (χ2v) is 5.03. The normalized spacial score (nSPS) is 11.3. The molecule has 1 aromatic heterocycles. The quantitative estimate of drug-likeness (QED) is 0.449. The number of rotatable bonds is 6. The molecule has 2 aromatic rings. The summed E-state index contributed by atoms with van der Waals surface area (Å²) in [7, 11) is 2.64. The maximum absolute atomic E-state index is 14.3. The van der Waals surface area contributed by atoms with Crippen LogP contribution < -0.4 is 5.43 Å². The van der Waals surface area contributed by atoms with Crippen LogP contribution in [0.1, 0.15) is 17.3 Å². The zero-order valence-electron chi connectivity index (χ0n) is 13.8. The molecule has 0 aliphatic carbocycles. The number of fused-ring (bicyclic) bond motifs is 1. The predicted molar refractivity (Wildman–Crippen MR) is 81.8 cm³/mol. The van der Waals surface area contributed by atoms with E-state index in [9.17, 15) is 22.8 Å². The van der Waals surface area contributed by atoms with Gasteiger partial charge in [-0.1, -0.05) is 0 Å². The van der Waals surface area contributed by atoms with Gasteiger partial charge in [0.25, 0.3) is 0 Å². The minimum Gasteiger partial charge on any atom is -0.462 e. The van der Waals surface area contributed by atoms with Crippen molar-refractivity contribution in [2.24, 2.45) is 0 Å². The van der Waals surface area contributed by atoms with Crippen LogP contribution in [0.25, 0.3) is 10.9 Å². The summed E-state index contributed by atoms with van der Waals surface area (Å²) in [6.07, 6.45) is 0.127. The fourth-order valence-electron chi connectivity index (χ4n) is 2.37. The molecule has 0 unspecified atom stereocenters. The number of ether oxygens (including phenoxy) is 3. The topological polar surface area (TPSA) is 66.8 Å². The Morgan fingerprint density at radius 1 is 1.20 bits per heavy atom. The molecule has 9 heteroatoms. The van der Waals surface area contributed by atoms with Gasteiger partial charge < -0.3 is 18.8 Å². The SMILES string of the molecule is CCOC(=O)c1cn(CC(OC)OC)c2c(F)c(F)c(F)cc2c1=O. The summed E-state index contributed by atoms with van der Waals surface area (Å²) in [6, 6.07) is 0.546. The molecule has 0 bridgehead atoms. The maximum atomic E-state index is 14.3. The van der Waals surface area contributed by atoms with Crippen molar-refractivity contribution in [3.05, 3.63) is 45.5 Å². The molecule has 25 heavy (non-hydrogen) atoms. The fourth-order valence-corrected chi connectivity index (χ4v) is 2.37. The lowest BCUT2D eigenvalue weighted by Crippen LogP contribution is -2.26. The van der Waals surface area contributed by atoms with E-state index in [-0.39, 0.29) is 13.2 Å². The van der Waals surface area contributed by atoms with Crippen molar-refractivity contribution < 1.29 is 32.2 Å². The Kier molecular flexibility index (Phi) is 5.81. The Bertz CT molecular complexity index is 861. The minimum absolute atomic E-state index is 0.00121. The highest BCUT2D eigenvalue weighted by molar-refractivity contribution is 5.94. The molecule has 0 N–H and O–H groups in total. The van der Waals surface area contributed by atoms with Crippen molar-refractivity contribution in [1.82, 2.24) is 4.57 Å². The number of esters is 1. The zero-order valence-corrected chi connectivity index (χ0v) is 13.8. The van der Waals surface area contributed by atoms with E-state index in [2.05, 4.69) is 0 Å². The summed E-state index contributed by atoms with van der Waals surface area (Å²) in [5.41, 5.74) is -1.91. The number of aromatic nitrogens is 1. The molecule has 0 aliphatic heterocycles. The molecule has 0 aliphatic rings. The van der Waals surface area contributed by atoms with Gasteiger partial charge in [0.1, 0.15) is 5.56 Å². The van der Waals surface area contributed by atoms with E-state index < -0.39 is 51.6 Å². The number of carbonyl (C=O) groups is 1. The van der Waals surface area contributed by atoms with Crippen LogP contribution in [-0.4, -0.2) is 37.7 Å². The number of hydrogen-bond donors (Lipinski definition) is 0. The highest BCUT2D eigenvalue weighted by Crippen LogP contribution is 2.22. The smallest absolute Gasteiger partial charge is 0.343 e. The molecule has 0 fully saturated rings. The lowest BCUT2D eigenvalue weighted by atomic mass is 10.1. The molecule has 0 radical (unpaired) electrons. The van der Waals surface area contributed by atoms with Gasteiger partial charge in [0.15, 0.2) is 23.7 Å². The van der Waals surface area contributed by atoms with Crippen molar-refractivity contribution in [3.8, 4) is 0 Å². The highest BCUT2D eigenvalue weighted by Gasteiger charge is 2.24. The van der Waals surface area contributed by atoms with Gasteiger partial charge in [-0.15, -0.1) is 0 Å². The molecule has 6 nitrogen and oxygen atoms in total. The molecule has 0 spiro atoms. The Hall–Kier alpha value is -2.39. The number of hydrogen-bond acceptors (Lipinski definition) is 5. The molecule has 2 rings (SSSR count). The van der Waals surface area contributed by atoms with Crippen LogP contribution in [0.4, 0.5) is 13.2 Å². The zero-order chi connectivity index (χ0) is 18.7. The second kappa shape index (κ2) is 7.66. The molecule has 0 saturated carbocycles. The lowest BCUT2D eigenvalue weighted by Gasteiger charge is -2.19. The van der Waals surface area contributed by atoms with Crippen LogP contribution in [0.15, 0.2) is 17.1 Å². The van der Waals surface area contributed by atoms with Gasteiger partial charge in [0.05, 0.1) is 24.1 Å². The van der Waals surface area contributed by atoms with Crippen LogP contribution in [-0.2, 0) is 20.8 Å². The van der Waals surface area contributed by atoms with Gasteiger partial charge in [-0.25, -0.2) is 18.0 Å². The van der Waals surface area contributed by atoms with Gasteiger partial charge in [0, 0.05) is 20.4 Å². The summed E-state index contributed by atoms with van der Waals surface area (Å²) in [5.74, 6) is -5.77. The number of pyridine rings is 1. The van der Waals surface area contributed by atoms with Crippen LogP contribution in [0.5, 0.6) is 0 Å². The van der Waals surface area contributed by atoms with E-state index >= 15 is 0 Å². The summed E-state index contributed by atoms with van der Waals surface area (Å²) in [6.45, 7) is 1.36. The minimum atomic E-state index is -1.73. The predicted octanol–water partition coefficient (Wildman–Crippen LogP) is 2.21. The first-order valence-electron chi connectivity index (χ1n) is 7.29. The molecule has 1 aromatic carbocycles.